The molecule has 3 heteroatoms. The van der Waals surface area contributed by atoms with Crippen molar-refractivity contribution in [2.24, 2.45) is 0 Å². The van der Waals surface area contributed by atoms with Crippen LogP contribution in [0.15, 0.2) is 48.5 Å². The van der Waals surface area contributed by atoms with E-state index in [1.807, 2.05) is 37.3 Å². The van der Waals surface area contributed by atoms with Crippen LogP contribution in [0.3, 0.4) is 0 Å². The van der Waals surface area contributed by atoms with Crippen molar-refractivity contribution in [1.29, 1.82) is 0 Å². The number of thiophene rings is 1. The predicted octanol–water partition coefficient (Wildman–Crippen LogP) is 3.91. The molecular formula is C16H17NOS. The first-order chi connectivity index (χ1) is 9.20. The maximum Gasteiger partial charge on any atom is 0.246 e. The van der Waals surface area contributed by atoms with Crippen LogP contribution in [0.2, 0.25) is 0 Å². The second-order valence-electron chi connectivity index (χ2n) is 4.25. The van der Waals surface area contributed by atoms with Crippen molar-refractivity contribution < 1.29 is 4.79 Å². The molecule has 0 unspecified atom stereocenters. The fraction of sp³-hybridized carbons (Fsp3) is 0.188. The highest BCUT2D eigenvalue weighted by Crippen LogP contribution is 2.28. The van der Waals surface area contributed by atoms with Gasteiger partial charge >= 0.3 is 0 Å². The fourth-order valence-electron chi connectivity index (χ4n) is 1.64. The number of amides is 1. The zero-order chi connectivity index (χ0) is 13.7. The Morgan fingerprint density at radius 3 is 2.63 bits per heavy atom. The lowest BCUT2D eigenvalue weighted by Gasteiger charge is -2.10. The monoisotopic (exact) mass is 271 g/mol. The van der Waals surface area contributed by atoms with E-state index in [0.29, 0.717) is 0 Å². The number of rotatable bonds is 4. The molecule has 0 aliphatic carbocycles. The Hall–Kier alpha value is -1.87. The maximum absolute atomic E-state index is 11.7. The fourth-order valence-corrected chi connectivity index (χ4v) is 2.55. The smallest absolute Gasteiger partial charge is 0.246 e. The average molecular weight is 271 g/mol. The summed E-state index contributed by atoms with van der Waals surface area (Å²) in [5.74, 6) is 0.0390. The van der Waals surface area contributed by atoms with Gasteiger partial charge < -0.3 is 4.90 Å². The average Bonchev–Trinajstić information content (AvgIpc) is 2.93. The Kier molecular flexibility index (Phi) is 4.53. The molecule has 2 rings (SSSR count). The quantitative estimate of drug-likeness (QED) is 0.772. The van der Waals surface area contributed by atoms with Gasteiger partial charge in [-0.1, -0.05) is 30.3 Å². The molecule has 0 saturated heterocycles. The predicted molar refractivity (Wildman–Crippen MR) is 82.1 cm³/mol. The van der Waals surface area contributed by atoms with Gasteiger partial charge in [-0.3, -0.25) is 4.79 Å². The van der Waals surface area contributed by atoms with Crippen molar-refractivity contribution in [2.45, 2.75) is 6.92 Å². The highest BCUT2D eigenvalue weighted by atomic mass is 32.1. The van der Waals surface area contributed by atoms with E-state index in [9.17, 15) is 4.79 Å². The van der Waals surface area contributed by atoms with Crippen LogP contribution in [-0.4, -0.2) is 24.4 Å². The molecule has 0 atom stereocenters. The van der Waals surface area contributed by atoms with Crippen molar-refractivity contribution in [3.63, 3.8) is 0 Å². The number of benzene rings is 1. The van der Waals surface area contributed by atoms with Gasteiger partial charge in [-0.2, -0.15) is 0 Å². The number of hydrogen-bond acceptors (Lipinski definition) is 2. The normalized spacial score (nSPS) is 10.8. The van der Waals surface area contributed by atoms with E-state index in [1.165, 1.54) is 10.4 Å². The van der Waals surface area contributed by atoms with E-state index in [-0.39, 0.29) is 5.91 Å². The van der Waals surface area contributed by atoms with Crippen molar-refractivity contribution in [1.82, 2.24) is 4.90 Å². The summed E-state index contributed by atoms with van der Waals surface area (Å²) in [6.45, 7) is 2.69. The van der Waals surface area contributed by atoms with E-state index < -0.39 is 0 Å². The molecule has 0 spiro atoms. The van der Waals surface area contributed by atoms with E-state index in [2.05, 4.69) is 18.2 Å². The molecule has 0 saturated carbocycles. The van der Waals surface area contributed by atoms with Gasteiger partial charge in [0.15, 0.2) is 0 Å². The lowest BCUT2D eigenvalue weighted by molar-refractivity contribution is -0.124. The minimum absolute atomic E-state index is 0.0390. The summed E-state index contributed by atoms with van der Waals surface area (Å²) in [5.41, 5.74) is 1.21. The summed E-state index contributed by atoms with van der Waals surface area (Å²) in [4.78, 5) is 15.7. The number of nitrogens with zero attached hydrogens (tertiary/aromatic N) is 1. The lowest BCUT2D eigenvalue weighted by atomic mass is 10.2. The van der Waals surface area contributed by atoms with Gasteiger partial charge in [0.05, 0.1) is 0 Å². The molecule has 0 fully saturated rings. The van der Waals surface area contributed by atoms with E-state index >= 15 is 0 Å². The second-order valence-corrected chi connectivity index (χ2v) is 5.37. The molecular weight excluding hydrogens is 254 g/mol. The molecule has 0 aliphatic heterocycles. The summed E-state index contributed by atoms with van der Waals surface area (Å²) >= 11 is 1.69. The lowest BCUT2D eigenvalue weighted by Crippen LogP contribution is -2.23. The number of carbonyl (C=O) groups is 1. The van der Waals surface area contributed by atoms with E-state index in [1.54, 1.807) is 29.4 Å². The van der Waals surface area contributed by atoms with Crippen LogP contribution in [0.4, 0.5) is 0 Å². The summed E-state index contributed by atoms with van der Waals surface area (Å²) in [5, 5.41) is 0. The third kappa shape index (κ3) is 3.55. The zero-order valence-electron chi connectivity index (χ0n) is 11.2. The molecule has 19 heavy (non-hydrogen) atoms. The van der Waals surface area contributed by atoms with Crippen LogP contribution in [0.5, 0.6) is 0 Å². The first-order valence-electron chi connectivity index (χ1n) is 6.29. The first kappa shape index (κ1) is 13.6. The number of likely N-dealkylation sites (N-methyl/N-ethyl adjacent to an activating group) is 1. The minimum Gasteiger partial charge on any atom is -0.343 e. The van der Waals surface area contributed by atoms with Crippen molar-refractivity contribution >= 4 is 23.3 Å². The SMILES string of the molecule is CCN(C)C(=O)/C=C/c1ccc(-c2ccccc2)s1. The third-order valence-electron chi connectivity index (χ3n) is 2.93. The molecule has 1 heterocycles. The largest absolute Gasteiger partial charge is 0.343 e. The zero-order valence-corrected chi connectivity index (χ0v) is 12.0. The van der Waals surface area contributed by atoms with Crippen LogP contribution >= 0.6 is 11.3 Å². The van der Waals surface area contributed by atoms with Gasteiger partial charge in [-0.25, -0.2) is 0 Å². The highest BCUT2D eigenvalue weighted by molar-refractivity contribution is 7.16. The molecule has 0 radical (unpaired) electrons. The number of carbonyl (C=O) groups excluding carboxylic acids is 1. The van der Waals surface area contributed by atoms with Crippen molar-refractivity contribution in [3.8, 4) is 10.4 Å². The molecule has 1 aromatic carbocycles. The molecule has 2 aromatic rings. The molecule has 0 aliphatic rings. The Balaban J connectivity index is 2.10. The minimum atomic E-state index is 0.0390. The Morgan fingerprint density at radius 2 is 1.95 bits per heavy atom. The molecule has 0 N–H and O–H groups in total. The molecule has 1 amide bonds. The summed E-state index contributed by atoms with van der Waals surface area (Å²) in [6, 6.07) is 14.4. The Labute approximate surface area is 118 Å². The van der Waals surface area contributed by atoms with Crippen molar-refractivity contribution in [2.75, 3.05) is 13.6 Å². The van der Waals surface area contributed by atoms with Crippen molar-refractivity contribution in [3.05, 3.63) is 53.4 Å². The summed E-state index contributed by atoms with van der Waals surface area (Å²) < 4.78 is 0. The summed E-state index contributed by atoms with van der Waals surface area (Å²) in [7, 11) is 1.80. The van der Waals surface area contributed by atoms with Gasteiger partial charge in [0.1, 0.15) is 0 Å². The topological polar surface area (TPSA) is 20.3 Å². The number of hydrogen-bond donors (Lipinski definition) is 0. The van der Waals surface area contributed by atoms with Crippen LogP contribution in [0.25, 0.3) is 16.5 Å². The van der Waals surface area contributed by atoms with Gasteiger partial charge in [0.2, 0.25) is 5.91 Å². The van der Waals surface area contributed by atoms with Gasteiger partial charge in [0.25, 0.3) is 0 Å². The van der Waals surface area contributed by atoms with E-state index in [4.69, 9.17) is 0 Å². The van der Waals surface area contributed by atoms with Crippen LogP contribution < -0.4 is 0 Å². The van der Waals surface area contributed by atoms with Crippen LogP contribution in [-0.2, 0) is 4.79 Å². The van der Waals surface area contributed by atoms with Gasteiger partial charge in [-0.15, -0.1) is 11.3 Å². The standard InChI is InChI=1S/C16H17NOS/c1-3-17(2)16(18)12-10-14-9-11-15(19-14)13-7-5-4-6-8-13/h4-12H,3H2,1-2H3/b12-10+. The van der Waals surface area contributed by atoms with Gasteiger partial charge in [-0.05, 0) is 30.7 Å². The maximum atomic E-state index is 11.7. The molecule has 1 aromatic heterocycles. The Bertz CT molecular complexity index is 571. The Morgan fingerprint density at radius 1 is 1.21 bits per heavy atom. The molecule has 2 nitrogen and oxygen atoms in total. The second kappa shape index (κ2) is 6.34. The third-order valence-corrected chi connectivity index (χ3v) is 4.03. The summed E-state index contributed by atoms with van der Waals surface area (Å²) in [6.07, 6.45) is 3.51. The highest BCUT2D eigenvalue weighted by Gasteiger charge is 2.03. The van der Waals surface area contributed by atoms with Crippen LogP contribution in [0.1, 0.15) is 11.8 Å². The molecule has 98 valence electrons. The van der Waals surface area contributed by atoms with E-state index in [0.717, 1.165) is 11.4 Å². The first-order valence-corrected chi connectivity index (χ1v) is 7.11. The van der Waals surface area contributed by atoms with Crippen LogP contribution in [0, 0.1) is 0 Å². The van der Waals surface area contributed by atoms with Gasteiger partial charge in [0, 0.05) is 29.4 Å². The molecule has 0 bridgehead atoms.